The molecule has 6 heteroatoms. The highest BCUT2D eigenvalue weighted by Gasteiger charge is 2.28. The van der Waals surface area contributed by atoms with Crippen LogP contribution in [0.5, 0.6) is 5.75 Å². The van der Waals surface area contributed by atoms with Crippen LogP contribution in [0.15, 0.2) is 18.2 Å². The topological polar surface area (TPSA) is 70.6 Å². The summed E-state index contributed by atoms with van der Waals surface area (Å²) < 4.78 is 5.40. The predicted molar refractivity (Wildman–Crippen MR) is 80.6 cm³/mol. The molecule has 5 nitrogen and oxygen atoms in total. The van der Waals surface area contributed by atoms with Crippen molar-refractivity contribution in [2.24, 2.45) is 0 Å². The molecule has 0 bridgehead atoms. The molecule has 0 radical (unpaired) electrons. The Morgan fingerprint density at radius 3 is 2.85 bits per heavy atom. The number of ether oxygens (including phenoxy) is 1. The fourth-order valence-corrected chi connectivity index (χ4v) is 2.17. The third-order valence-corrected chi connectivity index (χ3v) is 3.19. The Labute approximate surface area is 125 Å². The largest absolute Gasteiger partial charge is 0.494 e. The molecule has 1 aliphatic rings. The third-order valence-electron chi connectivity index (χ3n) is 3.19. The molecule has 0 spiro atoms. The number of hydrogen-bond acceptors (Lipinski definition) is 4. The predicted octanol–water partition coefficient (Wildman–Crippen LogP) is 1.48. The minimum atomic E-state index is -0.433. The van der Waals surface area contributed by atoms with Crippen molar-refractivity contribution in [3.63, 3.8) is 0 Å². The zero-order chi connectivity index (χ0) is 13.8. The third kappa shape index (κ3) is 4.10. The maximum atomic E-state index is 12.0. The lowest BCUT2D eigenvalue weighted by Crippen LogP contribution is -2.35. The molecule has 1 aliphatic heterocycles. The number of halogens is 1. The van der Waals surface area contributed by atoms with Crippen molar-refractivity contribution in [1.82, 2.24) is 5.32 Å². The minimum absolute atomic E-state index is 0. The standard InChI is InChI=1S/C14H20N2O3.ClH/c1-3-19-11-4-5-12(9(2)6-11)16-14(18)13-7-10(17)8-15-13;/h4-6,10,13,15,17H,3,7-8H2,1-2H3,(H,16,18);1H/t10-,13+;/m0./s1. The molecule has 20 heavy (non-hydrogen) atoms. The van der Waals surface area contributed by atoms with E-state index >= 15 is 0 Å². The van der Waals surface area contributed by atoms with Crippen LogP contribution >= 0.6 is 12.4 Å². The van der Waals surface area contributed by atoms with Crippen molar-refractivity contribution in [2.75, 3.05) is 18.5 Å². The van der Waals surface area contributed by atoms with Gasteiger partial charge in [0.2, 0.25) is 5.91 Å². The van der Waals surface area contributed by atoms with Crippen molar-refractivity contribution in [1.29, 1.82) is 0 Å². The quantitative estimate of drug-likeness (QED) is 0.788. The Morgan fingerprint density at radius 1 is 1.55 bits per heavy atom. The smallest absolute Gasteiger partial charge is 0.241 e. The summed E-state index contributed by atoms with van der Waals surface area (Å²) in [6.07, 6.45) is 0.0271. The van der Waals surface area contributed by atoms with Crippen molar-refractivity contribution in [3.05, 3.63) is 23.8 Å². The Bertz CT molecular complexity index is 468. The zero-order valence-electron chi connectivity index (χ0n) is 11.7. The summed E-state index contributed by atoms with van der Waals surface area (Å²) in [6, 6.07) is 5.25. The van der Waals surface area contributed by atoms with Crippen LogP contribution in [0.25, 0.3) is 0 Å². The summed E-state index contributed by atoms with van der Waals surface area (Å²) in [5.41, 5.74) is 1.73. The highest BCUT2D eigenvalue weighted by molar-refractivity contribution is 5.95. The van der Waals surface area contributed by atoms with Gasteiger partial charge >= 0.3 is 0 Å². The summed E-state index contributed by atoms with van der Waals surface area (Å²) in [5.74, 6) is 0.691. The van der Waals surface area contributed by atoms with E-state index < -0.39 is 6.10 Å². The van der Waals surface area contributed by atoms with Crippen LogP contribution < -0.4 is 15.4 Å². The fraction of sp³-hybridized carbons (Fsp3) is 0.500. The van der Waals surface area contributed by atoms with E-state index in [0.717, 1.165) is 17.0 Å². The van der Waals surface area contributed by atoms with E-state index in [0.29, 0.717) is 19.6 Å². The van der Waals surface area contributed by atoms with Gasteiger partial charge in [-0.2, -0.15) is 0 Å². The molecular formula is C14H21ClN2O3. The molecule has 1 saturated heterocycles. The number of anilines is 1. The normalized spacial score (nSPS) is 21.1. The lowest BCUT2D eigenvalue weighted by molar-refractivity contribution is -0.117. The average Bonchev–Trinajstić information content (AvgIpc) is 2.80. The molecule has 0 aromatic heterocycles. The van der Waals surface area contributed by atoms with Gasteiger partial charge in [0.05, 0.1) is 18.8 Å². The van der Waals surface area contributed by atoms with Crippen LogP contribution in [-0.2, 0) is 4.79 Å². The summed E-state index contributed by atoms with van der Waals surface area (Å²) >= 11 is 0. The monoisotopic (exact) mass is 300 g/mol. The zero-order valence-corrected chi connectivity index (χ0v) is 12.5. The van der Waals surface area contributed by atoms with Gasteiger partial charge in [-0.1, -0.05) is 0 Å². The number of amides is 1. The van der Waals surface area contributed by atoms with Gasteiger partial charge in [0, 0.05) is 12.2 Å². The van der Waals surface area contributed by atoms with Crippen molar-refractivity contribution >= 4 is 24.0 Å². The number of hydrogen-bond donors (Lipinski definition) is 3. The van der Waals surface area contributed by atoms with Gasteiger partial charge in [-0.25, -0.2) is 0 Å². The van der Waals surface area contributed by atoms with Crippen molar-refractivity contribution < 1.29 is 14.6 Å². The van der Waals surface area contributed by atoms with Crippen molar-refractivity contribution in [2.45, 2.75) is 32.4 Å². The molecule has 1 aromatic carbocycles. The number of β-amino-alcohol motifs (C(OH)–C–C–N with tert-alkyl or cyclic N) is 1. The maximum absolute atomic E-state index is 12.0. The minimum Gasteiger partial charge on any atom is -0.494 e. The van der Waals surface area contributed by atoms with E-state index in [1.165, 1.54) is 0 Å². The maximum Gasteiger partial charge on any atom is 0.241 e. The molecular weight excluding hydrogens is 280 g/mol. The number of rotatable bonds is 4. The Balaban J connectivity index is 0.00000200. The first kappa shape index (κ1) is 16.8. The lowest BCUT2D eigenvalue weighted by atomic mass is 10.1. The number of benzene rings is 1. The van der Waals surface area contributed by atoms with E-state index in [1.54, 1.807) is 0 Å². The van der Waals surface area contributed by atoms with Crippen LogP contribution in [0.1, 0.15) is 18.9 Å². The molecule has 1 fully saturated rings. The molecule has 0 unspecified atom stereocenters. The molecule has 2 atom stereocenters. The highest BCUT2D eigenvalue weighted by atomic mass is 35.5. The first-order valence-electron chi connectivity index (χ1n) is 6.56. The van der Waals surface area contributed by atoms with Gasteiger partial charge in [0.15, 0.2) is 0 Å². The molecule has 0 aliphatic carbocycles. The van der Waals surface area contributed by atoms with E-state index in [-0.39, 0.29) is 24.4 Å². The number of nitrogens with one attached hydrogen (secondary N) is 2. The van der Waals surface area contributed by atoms with Gasteiger partial charge < -0.3 is 20.5 Å². The van der Waals surface area contributed by atoms with Crippen LogP contribution in [0.3, 0.4) is 0 Å². The number of aryl methyl sites for hydroxylation is 1. The molecule has 1 aromatic rings. The first-order chi connectivity index (χ1) is 9.10. The van der Waals surface area contributed by atoms with Crippen molar-refractivity contribution in [3.8, 4) is 5.75 Å². The van der Waals surface area contributed by atoms with Crippen LogP contribution in [0.2, 0.25) is 0 Å². The molecule has 0 saturated carbocycles. The van der Waals surface area contributed by atoms with E-state index in [4.69, 9.17) is 4.74 Å². The van der Waals surface area contributed by atoms with Gasteiger partial charge in [0.25, 0.3) is 0 Å². The summed E-state index contributed by atoms with van der Waals surface area (Å²) in [4.78, 5) is 12.0. The number of carbonyl (C=O) groups is 1. The van der Waals surface area contributed by atoms with Crippen LogP contribution in [0, 0.1) is 6.92 Å². The second-order valence-corrected chi connectivity index (χ2v) is 4.75. The molecule has 2 rings (SSSR count). The average molecular weight is 301 g/mol. The van der Waals surface area contributed by atoms with Crippen LogP contribution in [-0.4, -0.2) is 36.3 Å². The van der Waals surface area contributed by atoms with E-state index in [9.17, 15) is 9.90 Å². The van der Waals surface area contributed by atoms with E-state index in [2.05, 4.69) is 10.6 Å². The molecule has 1 amide bonds. The van der Waals surface area contributed by atoms with E-state index in [1.807, 2.05) is 32.0 Å². The molecule has 3 N–H and O–H groups in total. The summed E-state index contributed by atoms with van der Waals surface area (Å²) in [5, 5.41) is 15.3. The Kier molecular flexibility index (Phi) is 6.26. The first-order valence-corrected chi connectivity index (χ1v) is 6.56. The van der Waals surface area contributed by atoms with Gasteiger partial charge in [0.1, 0.15) is 5.75 Å². The molecule has 1 heterocycles. The summed E-state index contributed by atoms with van der Waals surface area (Å²) in [7, 11) is 0. The Hall–Kier alpha value is -1.30. The fourth-order valence-electron chi connectivity index (χ4n) is 2.17. The lowest BCUT2D eigenvalue weighted by Gasteiger charge is -2.14. The van der Waals surface area contributed by atoms with Crippen LogP contribution in [0.4, 0.5) is 5.69 Å². The number of aliphatic hydroxyl groups excluding tert-OH is 1. The number of aliphatic hydroxyl groups is 1. The molecule has 112 valence electrons. The van der Waals surface area contributed by atoms with Gasteiger partial charge in [-0.3, -0.25) is 4.79 Å². The second kappa shape index (κ2) is 7.47. The summed E-state index contributed by atoms with van der Waals surface area (Å²) in [6.45, 7) is 4.95. The highest BCUT2D eigenvalue weighted by Crippen LogP contribution is 2.22. The number of carbonyl (C=O) groups excluding carboxylic acids is 1. The SMILES string of the molecule is CCOc1ccc(NC(=O)[C@H]2C[C@H](O)CN2)c(C)c1.Cl. The second-order valence-electron chi connectivity index (χ2n) is 4.75. The Morgan fingerprint density at radius 2 is 2.30 bits per heavy atom. The van der Waals surface area contributed by atoms with Gasteiger partial charge in [-0.05, 0) is 44.0 Å². The van der Waals surface area contributed by atoms with Gasteiger partial charge in [-0.15, -0.1) is 12.4 Å².